The van der Waals surface area contributed by atoms with Gasteiger partial charge in [0.25, 0.3) is 5.69 Å². The normalized spacial score (nSPS) is 10.8. The smallest absolute Gasteiger partial charge is 0.353 e. The molecule has 0 aliphatic rings. The van der Waals surface area contributed by atoms with Crippen molar-refractivity contribution in [1.82, 2.24) is 4.57 Å². The van der Waals surface area contributed by atoms with E-state index in [0.29, 0.717) is 26.8 Å². The average molecular weight is 452 g/mol. The Morgan fingerprint density at radius 1 is 1.28 bits per heavy atom. The molecular formula is C17H13IN2O5. The summed E-state index contributed by atoms with van der Waals surface area (Å²) >= 11 is 1.92. The van der Waals surface area contributed by atoms with Crippen LogP contribution < -0.4 is 4.74 Å². The van der Waals surface area contributed by atoms with Crippen LogP contribution in [0.25, 0.3) is 10.9 Å². The third-order valence-corrected chi connectivity index (χ3v) is 4.99. The van der Waals surface area contributed by atoms with Crippen molar-refractivity contribution in [2.24, 2.45) is 0 Å². The van der Waals surface area contributed by atoms with Gasteiger partial charge in [-0.05, 0) is 46.4 Å². The molecule has 7 nitrogen and oxygen atoms in total. The van der Waals surface area contributed by atoms with E-state index in [-0.39, 0.29) is 11.4 Å². The standard InChI is InChI=1S/C17H13IN2O5/c1-25-12-5-2-10(3-6-12)9-19-14-7-4-11(20(23)24)8-13(14)15(18)16(19)17(21)22/h2-8H,9H2,1H3,(H,21,22). The van der Waals surface area contributed by atoms with Gasteiger partial charge in [-0.2, -0.15) is 0 Å². The molecule has 0 saturated carbocycles. The molecule has 0 saturated heterocycles. The number of methoxy groups -OCH3 is 1. The molecule has 128 valence electrons. The third-order valence-electron chi connectivity index (χ3n) is 3.90. The van der Waals surface area contributed by atoms with Crippen molar-refractivity contribution >= 4 is 45.2 Å². The number of aromatic carboxylic acids is 1. The second-order valence-corrected chi connectivity index (χ2v) is 6.44. The monoisotopic (exact) mass is 452 g/mol. The molecule has 0 aliphatic carbocycles. The number of non-ortho nitro benzene ring substituents is 1. The number of hydrogen-bond donors (Lipinski definition) is 1. The molecule has 0 aliphatic heterocycles. The number of rotatable bonds is 5. The Morgan fingerprint density at radius 3 is 2.52 bits per heavy atom. The number of halogens is 1. The first-order valence-electron chi connectivity index (χ1n) is 7.24. The second kappa shape index (κ2) is 6.71. The fourth-order valence-corrected chi connectivity index (χ4v) is 3.66. The summed E-state index contributed by atoms with van der Waals surface area (Å²) in [5.74, 6) is -0.360. The predicted molar refractivity (Wildman–Crippen MR) is 100 cm³/mol. The van der Waals surface area contributed by atoms with Crippen LogP contribution in [0.3, 0.4) is 0 Å². The lowest BCUT2D eigenvalue weighted by atomic mass is 10.2. The molecule has 3 aromatic rings. The fourth-order valence-electron chi connectivity index (χ4n) is 2.70. The third kappa shape index (κ3) is 3.16. The summed E-state index contributed by atoms with van der Waals surface area (Å²) in [4.78, 5) is 22.3. The van der Waals surface area contributed by atoms with E-state index >= 15 is 0 Å². The van der Waals surface area contributed by atoms with Gasteiger partial charge >= 0.3 is 5.97 Å². The van der Waals surface area contributed by atoms with Gasteiger partial charge in [-0.1, -0.05) is 12.1 Å². The maximum atomic E-state index is 11.7. The summed E-state index contributed by atoms with van der Waals surface area (Å²) in [5, 5.41) is 21.2. The van der Waals surface area contributed by atoms with Crippen LogP contribution in [-0.4, -0.2) is 27.7 Å². The van der Waals surface area contributed by atoms with Crippen LogP contribution in [0.5, 0.6) is 5.75 Å². The molecule has 2 aromatic carbocycles. The topological polar surface area (TPSA) is 94.6 Å². The van der Waals surface area contributed by atoms with Crippen LogP contribution in [-0.2, 0) is 6.54 Å². The fraction of sp³-hybridized carbons (Fsp3) is 0.118. The molecule has 0 atom stereocenters. The zero-order valence-corrected chi connectivity index (χ0v) is 15.3. The summed E-state index contributed by atoms with van der Waals surface area (Å²) in [6, 6.07) is 11.7. The van der Waals surface area contributed by atoms with E-state index in [2.05, 4.69) is 0 Å². The van der Waals surface area contributed by atoms with Gasteiger partial charge in [-0.25, -0.2) is 4.79 Å². The molecule has 1 aromatic heterocycles. The van der Waals surface area contributed by atoms with Crippen molar-refractivity contribution in [3.63, 3.8) is 0 Å². The molecule has 0 unspecified atom stereocenters. The molecule has 0 amide bonds. The molecule has 0 spiro atoms. The molecule has 0 bridgehead atoms. The molecule has 25 heavy (non-hydrogen) atoms. The number of benzene rings is 2. The highest BCUT2D eigenvalue weighted by Crippen LogP contribution is 2.31. The van der Waals surface area contributed by atoms with E-state index in [1.165, 1.54) is 12.1 Å². The highest BCUT2D eigenvalue weighted by Gasteiger charge is 2.22. The van der Waals surface area contributed by atoms with Crippen molar-refractivity contribution in [2.75, 3.05) is 7.11 Å². The molecule has 1 heterocycles. The van der Waals surface area contributed by atoms with E-state index in [1.807, 2.05) is 34.7 Å². The minimum absolute atomic E-state index is 0.0658. The quantitative estimate of drug-likeness (QED) is 0.360. The minimum atomic E-state index is -1.07. The largest absolute Gasteiger partial charge is 0.497 e. The Morgan fingerprint density at radius 2 is 1.96 bits per heavy atom. The Bertz CT molecular complexity index is 979. The van der Waals surface area contributed by atoms with Crippen molar-refractivity contribution in [1.29, 1.82) is 0 Å². The van der Waals surface area contributed by atoms with Gasteiger partial charge in [-0.3, -0.25) is 10.1 Å². The lowest BCUT2D eigenvalue weighted by Gasteiger charge is -2.09. The van der Waals surface area contributed by atoms with Crippen LogP contribution in [0.1, 0.15) is 16.1 Å². The highest BCUT2D eigenvalue weighted by atomic mass is 127. The first kappa shape index (κ1) is 17.2. The number of carboxylic acid groups (broad SMARTS) is 1. The van der Waals surface area contributed by atoms with E-state index in [9.17, 15) is 20.0 Å². The maximum absolute atomic E-state index is 11.7. The van der Waals surface area contributed by atoms with Gasteiger partial charge in [0.2, 0.25) is 0 Å². The van der Waals surface area contributed by atoms with Crippen molar-refractivity contribution in [3.05, 3.63) is 67.4 Å². The lowest BCUT2D eigenvalue weighted by Crippen LogP contribution is -2.10. The van der Waals surface area contributed by atoms with Gasteiger partial charge in [0.15, 0.2) is 0 Å². The summed E-state index contributed by atoms with van der Waals surface area (Å²) in [5.41, 5.74) is 1.59. The van der Waals surface area contributed by atoms with Crippen LogP contribution in [0.2, 0.25) is 0 Å². The van der Waals surface area contributed by atoms with Crippen molar-refractivity contribution in [2.45, 2.75) is 6.54 Å². The predicted octanol–water partition coefficient (Wildman–Crippen LogP) is 3.91. The van der Waals surface area contributed by atoms with Crippen LogP contribution >= 0.6 is 22.6 Å². The zero-order valence-electron chi connectivity index (χ0n) is 13.1. The van der Waals surface area contributed by atoms with Crippen LogP contribution in [0, 0.1) is 13.7 Å². The SMILES string of the molecule is COc1ccc(Cn2c(C(=O)O)c(I)c3cc([N+](=O)[O-])ccc32)cc1. The second-order valence-electron chi connectivity index (χ2n) is 5.36. The van der Waals surface area contributed by atoms with Gasteiger partial charge in [-0.15, -0.1) is 0 Å². The average Bonchev–Trinajstić information content (AvgIpc) is 2.87. The van der Waals surface area contributed by atoms with Gasteiger partial charge < -0.3 is 14.4 Å². The van der Waals surface area contributed by atoms with E-state index < -0.39 is 10.9 Å². The van der Waals surface area contributed by atoms with Crippen LogP contribution in [0.15, 0.2) is 42.5 Å². The Labute approximate surface area is 156 Å². The minimum Gasteiger partial charge on any atom is -0.497 e. The molecule has 0 fully saturated rings. The summed E-state index contributed by atoms with van der Waals surface area (Å²) in [6.45, 7) is 0.336. The molecule has 8 heteroatoms. The molecular weight excluding hydrogens is 439 g/mol. The number of hydrogen-bond acceptors (Lipinski definition) is 4. The van der Waals surface area contributed by atoms with Crippen LogP contribution in [0.4, 0.5) is 5.69 Å². The Kier molecular flexibility index (Phi) is 4.62. The first-order valence-corrected chi connectivity index (χ1v) is 8.32. The summed E-state index contributed by atoms with van der Waals surface area (Å²) < 4.78 is 7.27. The molecule has 0 radical (unpaired) electrons. The Hall–Kier alpha value is -2.62. The summed E-state index contributed by atoms with van der Waals surface area (Å²) in [6.07, 6.45) is 0. The van der Waals surface area contributed by atoms with E-state index in [0.717, 1.165) is 5.56 Å². The first-order chi connectivity index (χ1) is 11.9. The number of aromatic nitrogens is 1. The highest BCUT2D eigenvalue weighted by molar-refractivity contribution is 14.1. The van der Waals surface area contributed by atoms with Crippen molar-refractivity contribution in [3.8, 4) is 5.75 Å². The number of nitro groups is 1. The van der Waals surface area contributed by atoms with Gasteiger partial charge in [0.1, 0.15) is 11.4 Å². The van der Waals surface area contributed by atoms with Gasteiger partial charge in [0.05, 0.1) is 21.1 Å². The maximum Gasteiger partial charge on any atom is 0.353 e. The van der Waals surface area contributed by atoms with Crippen molar-refractivity contribution < 1.29 is 19.6 Å². The number of carbonyl (C=O) groups is 1. The molecule has 3 rings (SSSR count). The number of nitrogens with zero attached hydrogens (tertiary/aromatic N) is 2. The number of ether oxygens (including phenoxy) is 1. The number of carboxylic acids is 1. The lowest BCUT2D eigenvalue weighted by molar-refractivity contribution is -0.384. The summed E-state index contributed by atoms with van der Waals surface area (Å²) in [7, 11) is 1.58. The molecule has 1 N–H and O–H groups in total. The Balaban J connectivity index is 2.16. The van der Waals surface area contributed by atoms with Gasteiger partial charge in [0, 0.05) is 24.1 Å². The number of nitro benzene ring substituents is 1. The zero-order chi connectivity index (χ0) is 18.1. The van der Waals surface area contributed by atoms with E-state index in [4.69, 9.17) is 4.74 Å². The number of fused-ring (bicyclic) bond motifs is 1. The van der Waals surface area contributed by atoms with E-state index in [1.54, 1.807) is 29.9 Å².